The predicted octanol–water partition coefficient (Wildman–Crippen LogP) is 1.74. The number of nitrogens with zero attached hydrogens (tertiary/aromatic N) is 5. The van der Waals surface area contributed by atoms with Gasteiger partial charge in [0.2, 0.25) is 5.16 Å². The van der Waals surface area contributed by atoms with E-state index in [1.54, 1.807) is 16.8 Å². The first-order valence-electron chi connectivity index (χ1n) is 7.82. The summed E-state index contributed by atoms with van der Waals surface area (Å²) in [4.78, 5) is 31.1. The molecule has 0 spiro atoms. The number of thioether (sulfide) groups is 1. The van der Waals surface area contributed by atoms with E-state index in [1.165, 1.54) is 24.9 Å². The molecule has 0 unspecified atom stereocenters. The number of hydrogen-bond acceptors (Lipinski definition) is 8. The van der Waals surface area contributed by atoms with Crippen LogP contribution in [0.3, 0.4) is 0 Å². The fourth-order valence-electron chi connectivity index (χ4n) is 2.32. The monoisotopic (exact) mass is 374 g/mol. The molecule has 9 nitrogen and oxygen atoms in total. The van der Waals surface area contributed by atoms with E-state index in [1.807, 2.05) is 20.8 Å². The topological polar surface area (TPSA) is 116 Å². The average Bonchev–Trinajstić information content (AvgIpc) is 3.08. The number of carbonyl (C=O) groups excluding carboxylic acids is 1. The Bertz CT molecular complexity index is 1020. The molecule has 0 saturated heterocycles. The van der Waals surface area contributed by atoms with Crippen LogP contribution in [-0.2, 0) is 16.0 Å². The van der Waals surface area contributed by atoms with Crippen LogP contribution in [0.25, 0.3) is 10.9 Å². The van der Waals surface area contributed by atoms with Crippen LogP contribution >= 0.6 is 11.8 Å². The summed E-state index contributed by atoms with van der Waals surface area (Å²) in [6.45, 7) is 5.99. The molecule has 2 heterocycles. The molecule has 0 aliphatic carbocycles. The number of esters is 1. The molecule has 3 rings (SSSR count). The van der Waals surface area contributed by atoms with Gasteiger partial charge in [0.05, 0.1) is 34.9 Å². The SMILES string of the molecule is COC(=O)c1ccc2c(=O)[nH]c(CSc3nnnn3C(C)(C)C)nc2c1. The summed E-state index contributed by atoms with van der Waals surface area (Å²) in [5.41, 5.74) is 0.249. The fourth-order valence-corrected chi connectivity index (χ4v) is 3.25. The van der Waals surface area contributed by atoms with E-state index < -0.39 is 5.97 Å². The lowest BCUT2D eigenvalue weighted by Crippen LogP contribution is -2.24. The van der Waals surface area contributed by atoms with Crippen molar-refractivity contribution in [3.63, 3.8) is 0 Å². The Morgan fingerprint density at radius 1 is 1.35 bits per heavy atom. The minimum Gasteiger partial charge on any atom is -0.465 e. The van der Waals surface area contributed by atoms with Gasteiger partial charge >= 0.3 is 5.97 Å². The van der Waals surface area contributed by atoms with Crippen LogP contribution in [0.5, 0.6) is 0 Å². The number of nitrogens with one attached hydrogen (secondary N) is 1. The number of carbonyl (C=O) groups is 1. The smallest absolute Gasteiger partial charge is 0.337 e. The summed E-state index contributed by atoms with van der Waals surface area (Å²) in [6, 6.07) is 4.64. The second-order valence-corrected chi connectivity index (χ2v) is 7.51. The molecule has 0 aliphatic heterocycles. The average molecular weight is 374 g/mol. The molecule has 0 radical (unpaired) electrons. The summed E-state index contributed by atoms with van der Waals surface area (Å²) in [7, 11) is 1.30. The number of aromatic amines is 1. The number of fused-ring (bicyclic) bond motifs is 1. The Morgan fingerprint density at radius 3 is 2.81 bits per heavy atom. The van der Waals surface area contributed by atoms with Gasteiger partial charge in [-0.15, -0.1) is 5.10 Å². The Morgan fingerprint density at radius 2 is 2.12 bits per heavy atom. The van der Waals surface area contributed by atoms with Crippen molar-refractivity contribution in [1.82, 2.24) is 30.2 Å². The van der Waals surface area contributed by atoms with Gasteiger partial charge in [0, 0.05) is 0 Å². The van der Waals surface area contributed by atoms with E-state index in [9.17, 15) is 9.59 Å². The summed E-state index contributed by atoms with van der Waals surface area (Å²) < 4.78 is 6.42. The molecule has 0 bridgehead atoms. The van der Waals surface area contributed by atoms with Crippen molar-refractivity contribution in [3.8, 4) is 0 Å². The quantitative estimate of drug-likeness (QED) is 0.542. The van der Waals surface area contributed by atoms with Crippen LogP contribution in [0.15, 0.2) is 28.2 Å². The van der Waals surface area contributed by atoms with Gasteiger partial charge in [-0.1, -0.05) is 11.8 Å². The molecule has 0 fully saturated rings. The molecule has 2 aromatic heterocycles. The molecular weight excluding hydrogens is 356 g/mol. The second kappa shape index (κ2) is 6.87. The lowest BCUT2D eigenvalue weighted by atomic mass is 10.1. The maximum absolute atomic E-state index is 12.3. The van der Waals surface area contributed by atoms with Gasteiger partial charge in [-0.3, -0.25) is 4.79 Å². The molecule has 0 atom stereocenters. The molecule has 0 amide bonds. The zero-order valence-electron chi connectivity index (χ0n) is 14.8. The third kappa shape index (κ3) is 3.59. The summed E-state index contributed by atoms with van der Waals surface area (Å²) >= 11 is 1.37. The normalized spacial score (nSPS) is 11.7. The second-order valence-electron chi connectivity index (χ2n) is 6.57. The number of H-pyrrole nitrogens is 1. The highest BCUT2D eigenvalue weighted by atomic mass is 32.2. The van der Waals surface area contributed by atoms with Crippen LogP contribution in [0.2, 0.25) is 0 Å². The number of aromatic nitrogens is 6. The first-order valence-corrected chi connectivity index (χ1v) is 8.81. The van der Waals surface area contributed by atoms with E-state index >= 15 is 0 Å². The molecule has 3 aromatic rings. The van der Waals surface area contributed by atoms with Crippen LogP contribution in [0.1, 0.15) is 37.0 Å². The third-order valence-electron chi connectivity index (χ3n) is 3.59. The number of ether oxygens (including phenoxy) is 1. The summed E-state index contributed by atoms with van der Waals surface area (Å²) in [6.07, 6.45) is 0. The van der Waals surface area contributed by atoms with Gasteiger partial charge in [-0.05, 0) is 49.4 Å². The molecule has 136 valence electrons. The summed E-state index contributed by atoms with van der Waals surface area (Å²) in [5.74, 6) is 0.372. The number of benzene rings is 1. The molecule has 0 aliphatic rings. The number of tetrazole rings is 1. The van der Waals surface area contributed by atoms with Crippen LogP contribution < -0.4 is 5.56 Å². The highest BCUT2D eigenvalue weighted by Crippen LogP contribution is 2.23. The minimum atomic E-state index is -0.478. The van der Waals surface area contributed by atoms with Crippen molar-refractivity contribution < 1.29 is 9.53 Å². The summed E-state index contributed by atoms with van der Waals surface area (Å²) in [5, 5.41) is 12.8. The Hall–Kier alpha value is -2.75. The van der Waals surface area contributed by atoms with E-state index in [4.69, 9.17) is 4.74 Å². The van der Waals surface area contributed by atoms with Gasteiger partial charge in [0.25, 0.3) is 5.56 Å². The molecule has 26 heavy (non-hydrogen) atoms. The molecule has 10 heteroatoms. The van der Waals surface area contributed by atoms with E-state index in [0.29, 0.717) is 33.2 Å². The van der Waals surface area contributed by atoms with Gasteiger partial charge in [-0.25, -0.2) is 14.5 Å². The zero-order valence-corrected chi connectivity index (χ0v) is 15.6. The number of rotatable bonds is 4. The van der Waals surface area contributed by atoms with E-state index in [2.05, 4.69) is 25.5 Å². The first kappa shape index (κ1) is 18.1. The van der Waals surface area contributed by atoms with Gasteiger partial charge in [-0.2, -0.15) is 0 Å². The largest absolute Gasteiger partial charge is 0.465 e. The van der Waals surface area contributed by atoms with Crippen molar-refractivity contribution in [2.45, 2.75) is 37.2 Å². The lowest BCUT2D eigenvalue weighted by molar-refractivity contribution is 0.0601. The van der Waals surface area contributed by atoms with Gasteiger partial charge < -0.3 is 9.72 Å². The van der Waals surface area contributed by atoms with Crippen molar-refractivity contribution in [3.05, 3.63) is 39.9 Å². The highest BCUT2D eigenvalue weighted by molar-refractivity contribution is 7.98. The van der Waals surface area contributed by atoms with E-state index in [0.717, 1.165) is 0 Å². The highest BCUT2D eigenvalue weighted by Gasteiger charge is 2.20. The Labute approximate surface area is 153 Å². The predicted molar refractivity (Wildman–Crippen MR) is 96.1 cm³/mol. The standard InChI is InChI=1S/C16H18N6O3S/c1-16(2,3)22-15(19-20-21-22)26-8-12-17-11-7-9(14(24)25-4)5-6-10(11)13(23)18-12/h5-7H,8H2,1-4H3,(H,17,18,23). The molecule has 1 aromatic carbocycles. The number of hydrogen-bond donors (Lipinski definition) is 1. The zero-order chi connectivity index (χ0) is 18.9. The molecule has 0 saturated carbocycles. The van der Waals surface area contributed by atoms with Crippen molar-refractivity contribution in [1.29, 1.82) is 0 Å². The first-order chi connectivity index (χ1) is 12.3. The van der Waals surface area contributed by atoms with Crippen LogP contribution in [0, 0.1) is 0 Å². The van der Waals surface area contributed by atoms with Crippen LogP contribution in [-0.4, -0.2) is 43.3 Å². The Balaban J connectivity index is 1.90. The third-order valence-corrected chi connectivity index (χ3v) is 4.52. The molecular formula is C16H18N6O3S. The Kier molecular flexibility index (Phi) is 4.77. The fraction of sp³-hybridized carbons (Fsp3) is 0.375. The maximum atomic E-state index is 12.3. The van der Waals surface area contributed by atoms with E-state index in [-0.39, 0.29) is 11.1 Å². The number of methoxy groups -OCH3 is 1. The molecule has 1 N–H and O–H groups in total. The minimum absolute atomic E-state index is 0.258. The van der Waals surface area contributed by atoms with Crippen molar-refractivity contribution in [2.75, 3.05) is 7.11 Å². The van der Waals surface area contributed by atoms with Gasteiger partial charge in [0.15, 0.2) is 0 Å². The van der Waals surface area contributed by atoms with Gasteiger partial charge in [0.1, 0.15) is 5.82 Å². The lowest BCUT2D eigenvalue weighted by Gasteiger charge is -2.19. The van der Waals surface area contributed by atoms with Crippen LogP contribution in [0.4, 0.5) is 0 Å². The van der Waals surface area contributed by atoms with Crippen molar-refractivity contribution >= 4 is 28.6 Å². The maximum Gasteiger partial charge on any atom is 0.337 e. The van der Waals surface area contributed by atoms with Crippen molar-refractivity contribution in [2.24, 2.45) is 0 Å².